The Bertz CT molecular complexity index is 1010. The molecule has 36 heavy (non-hydrogen) atoms. The molecule has 3 aliphatic heterocycles. The number of carbonyl (C=O) groups is 3. The SMILES string of the molecule is C=CCN(C(=O)C1N(CCCO)C(=O)[C@@H]2[C@@H](C(=O)OCC)[C@@]3(CC)CCC12O3)c1ccc(OC)cc1. The number of aliphatic hydroxyl groups is 1. The second-order valence-electron chi connectivity index (χ2n) is 9.63. The molecule has 9 heteroatoms. The van der Waals surface area contributed by atoms with Crippen LogP contribution in [0.1, 0.15) is 39.5 Å². The molecule has 3 fully saturated rings. The van der Waals surface area contributed by atoms with Crippen molar-refractivity contribution in [1.29, 1.82) is 0 Å². The first-order valence-corrected chi connectivity index (χ1v) is 12.7. The summed E-state index contributed by atoms with van der Waals surface area (Å²) in [6.45, 7) is 7.98. The van der Waals surface area contributed by atoms with E-state index >= 15 is 0 Å². The van der Waals surface area contributed by atoms with E-state index < -0.39 is 35.0 Å². The van der Waals surface area contributed by atoms with Crippen LogP contribution in [-0.4, -0.2) is 78.4 Å². The van der Waals surface area contributed by atoms with Crippen LogP contribution in [0.25, 0.3) is 0 Å². The monoisotopic (exact) mass is 500 g/mol. The van der Waals surface area contributed by atoms with Gasteiger partial charge in [0.2, 0.25) is 5.91 Å². The van der Waals surface area contributed by atoms with Crippen LogP contribution in [0.15, 0.2) is 36.9 Å². The maximum atomic E-state index is 14.3. The lowest BCUT2D eigenvalue weighted by molar-refractivity contribution is -0.160. The normalized spacial score (nSPS) is 30.3. The molecule has 4 rings (SSSR count). The summed E-state index contributed by atoms with van der Waals surface area (Å²) in [4.78, 5) is 44.5. The van der Waals surface area contributed by atoms with Gasteiger partial charge in [0.05, 0.1) is 25.2 Å². The van der Waals surface area contributed by atoms with Crippen LogP contribution in [0.4, 0.5) is 5.69 Å². The number of hydrogen-bond donors (Lipinski definition) is 1. The summed E-state index contributed by atoms with van der Waals surface area (Å²) in [5.74, 6) is -1.96. The molecule has 2 amide bonds. The second kappa shape index (κ2) is 10.2. The zero-order valence-corrected chi connectivity index (χ0v) is 21.3. The Morgan fingerprint density at radius 2 is 2.00 bits per heavy atom. The van der Waals surface area contributed by atoms with Crippen molar-refractivity contribution in [2.45, 2.75) is 56.8 Å². The zero-order chi connectivity index (χ0) is 26.1. The molecule has 3 aliphatic rings. The van der Waals surface area contributed by atoms with Gasteiger partial charge in [-0.1, -0.05) is 13.0 Å². The van der Waals surface area contributed by atoms with Crippen molar-refractivity contribution >= 4 is 23.5 Å². The van der Waals surface area contributed by atoms with Gasteiger partial charge in [0, 0.05) is 25.4 Å². The fraction of sp³-hybridized carbons (Fsp3) is 0.593. The number of benzene rings is 1. The number of amides is 2. The van der Waals surface area contributed by atoms with Crippen LogP contribution < -0.4 is 9.64 Å². The molecule has 3 heterocycles. The molecule has 5 atom stereocenters. The minimum absolute atomic E-state index is 0.127. The van der Waals surface area contributed by atoms with Gasteiger partial charge in [-0.3, -0.25) is 14.4 Å². The fourth-order valence-corrected chi connectivity index (χ4v) is 6.43. The van der Waals surface area contributed by atoms with Crippen LogP contribution in [0.2, 0.25) is 0 Å². The van der Waals surface area contributed by atoms with Crippen molar-refractivity contribution in [3.63, 3.8) is 0 Å². The van der Waals surface area contributed by atoms with Gasteiger partial charge in [0.1, 0.15) is 23.3 Å². The zero-order valence-electron chi connectivity index (χ0n) is 21.3. The molecule has 1 aromatic carbocycles. The van der Waals surface area contributed by atoms with Crippen LogP contribution in [-0.2, 0) is 23.9 Å². The minimum atomic E-state index is -1.14. The van der Waals surface area contributed by atoms with Crippen LogP contribution in [0.3, 0.4) is 0 Å². The summed E-state index contributed by atoms with van der Waals surface area (Å²) in [6.07, 6.45) is 3.54. The first-order valence-electron chi connectivity index (χ1n) is 12.7. The van der Waals surface area contributed by atoms with Crippen LogP contribution in [0.5, 0.6) is 5.75 Å². The topological polar surface area (TPSA) is 106 Å². The Morgan fingerprint density at radius 1 is 1.28 bits per heavy atom. The highest BCUT2D eigenvalue weighted by molar-refractivity contribution is 6.04. The van der Waals surface area contributed by atoms with Gasteiger partial charge in [-0.05, 0) is 56.9 Å². The number of esters is 1. The second-order valence-corrected chi connectivity index (χ2v) is 9.63. The predicted molar refractivity (Wildman–Crippen MR) is 132 cm³/mol. The first kappa shape index (κ1) is 26.2. The summed E-state index contributed by atoms with van der Waals surface area (Å²) in [6, 6.07) is 6.17. The Morgan fingerprint density at radius 3 is 2.58 bits per heavy atom. The number of hydrogen-bond acceptors (Lipinski definition) is 7. The van der Waals surface area contributed by atoms with Gasteiger partial charge in [-0.25, -0.2) is 0 Å². The highest BCUT2D eigenvalue weighted by atomic mass is 16.6. The summed E-state index contributed by atoms with van der Waals surface area (Å²) in [5, 5.41) is 9.52. The van der Waals surface area contributed by atoms with Gasteiger partial charge in [-0.15, -0.1) is 6.58 Å². The molecular formula is C27H36N2O7. The van der Waals surface area contributed by atoms with Crippen molar-refractivity contribution in [3.05, 3.63) is 36.9 Å². The van der Waals surface area contributed by atoms with E-state index in [0.29, 0.717) is 37.1 Å². The number of carbonyl (C=O) groups excluding carboxylic acids is 3. The van der Waals surface area contributed by atoms with Crippen molar-refractivity contribution in [2.24, 2.45) is 11.8 Å². The Balaban J connectivity index is 1.79. The Labute approximate surface area is 212 Å². The molecule has 0 aliphatic carbocycles. The van der Waals surface area contributed by atoms with Gasteiger partial charge in [0.25, 0.3) is 5.91 Å². The molecule has 3 saturated heterocycles. The average Bonchev–Trinajstić information content (AvgIpc) is 3.49. The summed E-state index contributed by atoms with van der Waals surface area (Å²) in [5.41, 5.74) is -1.34. The molecule has 0 aromatic heterocycles. The highest BCUT2D eigenvalue weighted by Gasteiger charge is 2.79. The molecule has 0 radical (unpaired) electrons. The van der Waals surface area contributed by atoms with E-state index in [9.17, 15) is 19.5 Å². The van der Waals surface area contributed by atoms with E-state index in [2.05, 4.69) is 6.58 Å². The van der Waals surface area contributed by atoms with Crippen molar-refractivity contribution in [2.75, 3.05) is 38.3 Å². The lowest BCUT2D eigenvalue weighted by Crippen LogP contribution is -2.56. The summed E-state index contributed by atoms with van der Waals surface area (Å²) in [7, 11) is 1.57. The number of ether oxygens (including phenoxy) is 3. The van der Waals surface area contributed by atoms with Crippen molar-refractivity contribution in [3.8, 4) is 5.75 Å². The number of fused-ring (bicyclic) bond motifs is 1. The van der Waals surface area contributed by atoms with Crippen molar-refractivity contribution < 1.29 is 33.7 Å². The fourth-order valence-electron chi connectivity index (χ4n) is 6.43. The van der Waals surface area contributed by atoms with Gasteiger partial charge < -0.3 is 29.1 Å². The Hall–Kier alpha value is -2.91. The number of anilines is 1. The van der Waals surface area contributed by atoms with E-state index in [4.69, 9.17) is 14.2 Å². The molecule has 2 unspecified atom stereocenters. The van der Waals surface area contributed by atoms with Crippen LogP contribution in [0, 0.1) is 11.8 Å². The van der Waals surface area contributed by atoms with E-state index in [0.717, 1.165) is 0 Å². The first-order chi connectivity index (χ1) is 17.3. The number of methoxy groups -OCH3 is 1. The van der Waals surface area contributed by atoms with Gasteiger partial charge in [0.15, 0.2) is 0 Å². The lowest BCUT2D eigenvalue weighted by atomic mass is 9.65. The third-order valence-electron chi connectivity index (χ3n) is 7.97. The number of rotatable bonds is 11. The molecule has 1 spiro atoms. The van der Waals surface area contributed by atoms with E-state index in [1.54, 1.807) is 49.3 Å². The third-order valence-corrected chi connectivity index (χ3v) is 7.97. The molecule has 0 saturated carbocycles. The van der Waals surface area contributed by atoms with Gasteiger partial charge in [-0.2, -0.15) is 0 Å². The lowest BCUT2D eigenvalue weighted by Gasteiger charge is -2.37. The molecule has 1 N–H and O–H groups in total. The molecular weight excluding hydrogens is 464 g/mol. The molecule has 9 nitrogen and oxygen atoms in total. The maximum absolute atomic E-state index is 14.3. The minimum Gasteiger partial charge on any atom is -0.497 e. The average molecular weight is 501 g/mol. The van der Waals surface area contributed by atoms with E-state index in [1.165, 1.54) is 4.90 Å². The maximum Gasteiger partial charge on any atom is 0.312 e. The molecule has 2 bridgehead atoms. The smallest absolute Gasteiger partial charge is 0.312 e. The number of likely N-dealkylation sites (tertiary alicyclic amines) is 1. The number of aliphatic hydroxyl groups excluding tert-OH is 1. The standard InChI is InChI=1S/C27H36N2O7/c1-5-15-28(18-9-11-19(34-4)12-10-18)24(32)22-27-14-13-26(6-2,36-27)21(25(33)35-7-3)20(27)23(31)29(22)16-8-17-30/h5,9-12,20-22,30H,1,6-8,13-17H2,2-4H3/t20-,21-,22?,26+,27?/m0/s1. The molecule has 1 aromatic rings. The number of nitrogens with zero attached hydrogens (tertiary/aromatic N) is 2. The van der Waals surface area contributed by atoms with Gasteiger partial charge >= 0.3 is 5.97 Å². The van der Waals surface area contributed by atoms with E-state index in [1.807, 2.05) is 6.92 Å². The third kappa shape index (κ3) is 3.89. The predicted octanol–water partition coefficient (Wildman–Crippen LogP) is 2.31. The summed E-state index contributed by atoms with van der Waals surface area (Å²) < 4.78 is 17.3. The van der Waals surface area contributed by atoms with E-state index in [-0.39, 0.29) is 38.1 Å². The largest absolute Gasteiger partial charge is 0.497 e. The molecule has 196 valence electrons. The Kier molecular flexibility index (Phi) is 7.43. The van der Waals surface area contributed by atoms with Crippen molar-refractivity contribution in [1.82, 2.24) is 4.90 Å². The summed E-state index contributed by atoms with van der Waals surface area (Å²) >= 11 is 0. The highest BCUT2D eigenvalue weighted by Crippen LogP contribution is 2.64. The van der Waals surface area contributed by atoms with Crippen LogP contribution >= 0.6 is 0 Å². The quantitative estimate of drug-likeness (QED) is 0.367.